The zero-order valence-electron chi connectivity index (χ0n) is 13.2. The van der Waals surface area contributed by atoms with E-state index in [1.165, 1.54) is 17.2 Å². The van der Waals surface area contributed by atoms with Crippen molar-refractivity contribution in [2.45, 2.75) is 20.3 Å². The minimum atomic E-state index is -0.230. The summed E-state index contributed by atoms with van der Waals surface area (Å²) in [6.45, 7) is 5.04. The highest BCUT2D eigenvalue weighted by molar-refractivity contribution is 5.73. The van der Waals surface area contributed by atoms with E-state index in [9.17, 15) is 4.39 Å². The molecule has 23 heavy (non-hydrogen) atoms. The summed E-state index contributed by atoms with van der Waals surface area (Å²) < 4.78 is 16.1. The molecule has 0 atom stereocenters. The number of hydrogen-bond donors (Lipinski definition) is 1. The number of aryl methyl sites for hydroxylation is 2. The lowest BCUT2D eigenvalue weighted by molar-refractivity contribution is 0.630. The van der Waals surface area contributed by atoms with Crippen molar-refractivity contribution < 1.29 is 4.39 Å². The SMILES string of the molecule is Cc1ccc(-n2nc(-c3ccccc3F)c3c2NCC3)cc1C. The fourth-order valence-corrected chi connectivity index (χ4v) is 3.09. The maximum Gasteiger partial charge on any atom is 0.133 e. The number of anilines is 1. The third-order valence-electron chi connectivity index (χ3n) is 4.51. The molecule has 0 saturated carbocycles. The van der Waals surface area contributed by atoms with Crippen molar-refractivity contribution in [2.75, 3.05) is 11.9 Å². The van der Waals surface area contributed by atoms with Crippen molar-refractivity contribution in [1.29, 1.82) is 0 Å². The largest absolute Gasteiger partial charge is 0.369 e. The molecule has 1 N–H and O–H groups in total. The Morgan fingerprint density at radius 3 is 2.70 bits per heavy atom. The summed E-state index contributed by atoms with van der Waals surface area (Å²) in [6, 6.07) is 13.1. The maximum absolute atomic E-state index is 14.2. The highest BCUT2D eigenvalue weighted by atomic mass is 19.1. The second-order valence-corrected chi connectivity index (χ2v) is 6.01. The predicted molar refractivity (Wildman–Crippen MR) is 90.6 cm³/mol. The molecule has 116 valence electrons. The van der Waals surface area contributed by atoms with Gasteiger partial charge in [0.2, 0.25) is 0 Å². The van der Waals surface area contributed by atoms with Crippen LogP contribution in [-0.2, 0) is 6.42 Å². The van der Waals surface area contributed by atoms with Gasteiger partial charge in [-0.3, -0.25) is 0 Å². The second-order valence-electron chi connectivity index (χ2n) is 6.01. The average molecular weight is 307 g/mol. The third-order valence-corrected chi connectivity index (χ3v) is 4.51. The number of rotatable bonds is 2. The fourth-order valence-electron chi connectivity index (χ4n) is 3.09. The van der Waals surface area contributed by atoms with E-state index >= 15 is 0 Å². The maximum atomic E-state index is 14.2. The zero-order chi connectivity index (χ0) is 16.0. The molecular weight excluding hydrogens is 289 g/mol. The van der Waals surface area contributed by atoms with Gasteiger partial charge in [-0.15, -0.1) is 0 Å². The van der Waals surface area contributed by atoms with E-state index in [2.05, 4.69) is 37.4 Å². The van der Waals surface area contributed by atoms with E-state index in [1.54, 1.807) is 12.1 Å². The molecule has 0 amide bonds. The number of hydrogen-bond acceptors (Lipinski definition) is 2. The van der Waals surface area contributed by atoms with Gasteiger partial charge < -0.3 is 5.32 Å². The second kappa shape index (κ2) is 5.23. The summed E-state index contributed by atoms with van der Waals surface area (Å²) in [5, 5.41) is 8.11. The zero-order valence-corrected chi connectivity index (χ0v) is 13.2. The van der Waals surface area contributed by atoms with Gasteiger partial charge in [-0.1, -0.05) is 18.2 Å². The first-order chi connectivity index (χ1) is 11.1. The minimum Gasteiger partial charge on any atom is -0.369 e. The van der Waals surface area contributed by atoms with Gasteiger partial charge in [-0.25, -0.2) is 9.07 Å². The molecule has 1 aliphatic rings. The van der Waals surface area contributed by atoms with Gasteiger partial charge in [-0.2, -0.15) is 5.10 Å². The standard InChI is InChI=1S/C19H18FN3/c1-12-7-8-14(11-13(12)2)23-19-16(9-10-21-19)18(22-23)15-5-3-4-6-17(15)20/h3-8,11,21H,9-10H2,1-2H3. The van der Waals surface area contributed by atoms with Gasteiger partial charge in [0, 0.05) is 17.7 Å². The number of nitrogens with zero attached hydrogens (tertiary/aromatic N) is 2. The van der Waals surface area contributed by atoms with Crippen LogP contribution in [0, 0.1) is 19.7 Å². The molecule has 4 heteroatoms. The molecule has 0 saturated heterocycles. The summed E-state index contributed by atoms with van der Waals surface area (Å²) in [4.78, 5) is 0. The van der Waals surface area contributed by atoms with Gasteiger partial charge in [0.15, 0.2) is 0 Å². The molecule has 2 aromatic carbocycles. The highest BCUT2D eigenvalue weighted by Gasteiger charge is 2.25. The van der Waals surface area contributed by atoms with Crippen molar-refractivity contribution in [1.82, 2.24) is 9.78 Å². The molecule has 3 nitrogen and oxygen atoms in total. The van der Waals surface area contributed by atoms with Crippen LogP contribution in [0.15, 0.2) is 42.5 Å². The molecule has 0 unspecified atom stereocenters. The van der Waals surface area contributed by atoms with Crippen LogP contribution >= 0.6 is 0 Å². The normalized spacial score (nSPS) is 13.0. The van der Waals surface area contributed by atoms with Crippen LogP contribution in [0.3, 0.4) is 0 Å². The first-order valence-corrected chi connectivity index (χ1v) is 7.83. The van der Waals surface area contributed by atoms with Gasteiger partial charge in [-0.05, 0) is 55.7 Å². The Labute approximate surface area is 134 Å². The fraction of sp³-hybridized carbons (Fsp3) is 0.211. The number of nitrogens with one attached hydrogen (secondary N) is 1. The van der Waals surface area contributed by atoms with Crippen molar-refractivity contribution in [3.05, 3.63) is 65.0 Å². The molecule has 0 radical (unpaired) electrons. The molecule has 0 bridgehead atoms. The highest BCUT2D eigenvalue weighted by Crippen LogP contribution is 2.35. The van der Waals surface area contributed by atoms with Gasteiger partial charge in [0.1, 0.15) is 17.3 Å². The predicted octanol–water partition coefficient (Wildman–Crippen LogP) is 4.26. The molecule has 2 heterocycles. The molecule has 0 spiro atoms. The summed E-state index contributed by atoms with van der Waals surface area (Å²) in [7, 11) is 0. The van der Waals surface area contributed by atoms with Crippen LogP contribution in [0.4, 0.5) is 10.2 Å². The number of benzene rings is 2. The number of fused-ring (bicyclic) bond motifs is 1. The summed E-state index contributed by atoms with van der Waals surface area (Å²) in [5.41, 5.74) is 5.86. The molecule has 1 aliphatic heterocycles. The van der Waals surface area contributed by atoms with Crippen molar-refractivity contribution in [3.63, 3.8) is 0 Å². The lowest BCUT2D eigenvalue weighted by Gasteiger charge is -2.08. The Morgan fingerprint density at radius 2 is 1.91 bits per heavy atom. The smallest absolute Gasteiger partial charge is 0.133 e. The first kappa shape index (κ1) is 14.0. The molecule has 0 fully saturated rings. The number of halogens is 1. The lowest BCUT2D eigenvalue weighted by atomic mass is 10.1. The van der Waals surface area contributed by atoms with E-state index in [0.717, 1.165) is 35.7 Å². The third kappa shape index (κ3) is 2.22. The van der Waals surface area contributed by atoms with Gasteiger partial charge >= 0.3 is 0 Å². The van der Waals surface area contributed by atoms with Crippen molar-refractivity contribution >= 4 is 5.82 Å². The minimum absolute atomic E-state index is 0.230. The monoisotopic (exact) mass is 307 g/mol. The van der Waals surface area contributed by atoms with E-state index in [4.69, 9.17) is 5.10 Å². The van der Waals surface area contributed by atoms with E-state index in [1.807, 2.05) is 10.7 Å². The first-order valence-electron chi connectivity index (χ1n) is 7.83. The Hall–Kier alpha value is -2.62. The molecule has 4 rings (SSSR count). The van der Waals surface area contributed by atoms with Gasteiger partial charge in [0.25, 0.3) is 0 Å². The van der Waals surface area contributed by atoms with Crippen LogP contribution in [0.2, 0.25) is 0 Å². The van der Waals surface area contributed by atoms with Crippen molar-refractivity contribution in [3.8, 4) is 16.9 Å². The summed E-state index contributed by atoms with van der Waals surface area (Å²) in [5.74, 6) is 0.749. The summed E-state index contributed by atoms with van der Waals surface area (Å²) in [6.07, 6.45) is 0.865. The topological polar surface area (TPSA) is 29.9 Å². The van der Waals surface area contributed by atoms with Crippen LogP contribution in [0.5, 0.6) is 0 Å². The Morgan fingerprint density at radius 1 is 1.09 bits per heavy atom. The van der Waals surface area contributed by atoms with Crippen LogP contribution in [0.25, 0.3) is 16.9 Å². The average Bonchev–Trinajstić information content (AvgIpc) is 3.13. The van der Waals surface area contributed by atoms with Crippen LogP contribution < -0.4 is 5.32 Å². The van der Waals surface area contributed by atoms with E-state index in [-0.39, 0.29) is 5.82 Å². The van der Waals surface area contributed by atoms with E-state index < -0.39 is 0 Å². The molecule has 3 aromatic rings. The number of aromatic nitrogens is 2. The lowest BCUT2D eigenvalue weighted by Crippen LogP contribution is -2.05. The van der Waals surface area contributed by atoms with Crippen molar-refractivity contribution in [2.24, 2.45) is 0 Å². The molecule has 1 aromatic heterocycles. The Kier molecular flexibility index (Phi) is 3.18. The molecular formula is C19H18FN3. The van der Waals surface area contributed by atoms with Gasteiger partial charge in [0.05, 0.1) is 5.69 Å². The van der Waals surface area contributed by atoms with Crippen LogP contribution in [0.1, 0.15) is 16.7 Å². The Balaban J connectivity index is 1.91. The van der Waals surface area contributed by atoms with Crippen LogP contribution in [-0.4, -0.2) is 16.3 Å². The molecule has 0 aliphatic carbocycles. The summed E-state index contributed by atoms with van der Waals surface area (Å²) >= 11 is 0. The van der Waals surface area contributed by atoms with E-state index in [0.29, 0.717) is 5.56 Å². The quantitative estimate of drug-likeness (QED) is 0.766. The Bertz CT molecular complexity index is 896.